The van der Waals surface area contributed by atoms with Crippen LogP contribution in [0.5, 0.6) is 0 Å². The van der Waals surface area contributed by atoms with Gasteiger partial charge in [-0.05, 0) is 79.1 Å². The van der Waals surface area contributed by atoms with Gasteiger partial charge in [-0.1, -0.05) is 23.4 Å². The lowest BCUT2D eigenvalue weighted by Crippen LogP contribution is -2.45. The summed E-state index contributed by atoms with van der Waals surface area (Å²) in [6.07, 6.45) is 4.77. The molecule has 5 aromatic rings. The van der Waals surface area contributed by atoms with Gasteiger partial charge in [-0.25, -0.2) is 4.68 Å². The van der Waals surface area contributed by atoms with Crippen molar-refractivity contribution in [3.63, 3.8) is 0 Å². The maximum atomic E-state index is 14.1. The van der Waals surface area contributed by atoms with Crippen LogP contribution in [-0.2, 0) is 22.7 Å². The Hall–Kier alpha value is -4.79. The summed E-state index contributed by atoms with van der Waals surface area (Å²) in [5, 5.41) is 11.3. The molecular weight excluding hydrogens is 468 g/mol. The fourth-order valence-corrected chi connectivity index (χ4v) is 4.41. The molecule has 2 amide bonds. The van der Waals surface area contributed by atoms with Crippen molar-refractivity contribution in [1.29, 1.82) is 0 Å². The lowest BCUT2D eigenvalue weighted by molar-refractivity contribution is -0.127. The van der Waals surface area contributed by atoms with Crippen LogP contribution < -0.4 is 10.2 Å². The molecule has 3 aromatic heterocycles. The number of aryl methyl sites for hydroxylation is 2. The topological polar surface area (TPSA) is 106 Å². The van der Waals surface area contributed by atoms with E-state index in [1.807, 2.05) is 56.3 Å². The first-order valence-electron chi connectivity index (χ1n) is 11.9. The fourth-order valence-electron chi connectivity index (χ4n) is 4.41. The first-order chi connectivity index (χ1) is 18.0. The molecule has 0 aliphatic carbocycles. The van der Waals surface area contributed by atoms with E-state index in [1.54, 1.807) is 47.6 Å². The second-order valence-electron chi connectivity index (χ2n) is 8.83. The van der Waals surface area contributed by atoms with Gasteiger partial charge >= 0.3 is 0 Å². The third-order valence-corrected chi connectivity index (χ3v) is 6.00. The highest BCUT2D eigenvalue weighted by Gasteiger charge is 2.33. The lowest BCUT2D eigenvalue weighted by atomic mass is 10.0. The van der Waals surface area contributed by atoms with Crippen molar-refractivity contribution in [2.75, 3.05) is 4.90 Å². The molecule has 37 heavy (non-hydrogen) atoms. The van der Waals surface area contributed by atoms with Gasteiger partial charge in [0.05, 0.1) is 18.3 Å². The Labute approximate surface area is 213 Å². The number of carbonyl (C=O) groups excluding carboxylic acids is 2. The van der Waals surface area contributed by atoms with Gasteiger partial charge in [0.2, 0.25) is 11.8 Å². The maximum Gasteiger partial charge on any atom is 0.249 e. The van der Waals surface area contributed by atoms with Gasteiger partial charge < -0.3 is 9.73 Å². The number of amides is 2. The molecule has 0 radical (unpaired) electrons. The summed E-state index contributed by atoms with van der Waals surface area (Å²) in [7, 11) is 0. The minimum atomic E-state index is -0.957. The SMILES string of the molecule is Cc1cc(C)cc(N(C(=O)Cn2nnc3ccccc32)[C@@H](C(=O)NCc2ccco2)c2ccncc2)c1. The number of anilines is 1. The van der Waals surface area contributed by atoms with Crippen molar-refractivity contribution < 1.29 is 14.0 Å². The number of para-hydroxylation sites is 1. The number of aromatic nitrogens is 4. The lowest BCUT2D eigenvalue weighted by Gasteiger charge is -2.32. The fraction of sp³-hybridized carbons (Fsp3) is 0.179. The Bertz CT molecular complexity index is 1510. The zero-order chi connectivity index (χ0) is 25.8. The molecule has 0 saturated heterocycles. The van der Waals surface area contributed by atoms with Gasteiger partial charge in [0.25, 0.3) is 0 Å². The van der Waals surface area contributed by atoms with E-state index in [9.17, 15) is 9.59 Å². The number of nitrogens with zero attached hydrogens (tertiary/aromatic N) is 5. The molecule has 9 heteroatoms. The predicted octanol–water partition coefficient (Wildman–Crippen LogP) is 4.13. The number of nitrogens with one attached hydrogen (secondary N) is 1. The zero-order valence-electron chi connectivity index (χ0n) is 20.5. The molecule has 0 fully saturated rings. The Morgan fingerprint density at radius 3 is 2.49 bits per heavy atom. The van der Waals surface area contributed by atoms with Gasteiger partial charge in [-0.15, -0.1) is 5.10 Å². The monoisotopic (exact) mass is 494 g/mol. The van der Waals surface area contributed by atoms with Crippen LogP contribution in [0, 0.1) is 13.8 Å². The average molecular weight is 495 g/mol. The summed E-state index contributed by atoms with van der Waals surface area (Å²) in [4.78, 5) is 33.4. The van der Waals surface area contributed by atoms with Gasteiger partial charge in [-0.3, -0.25) is 19.5 Å². The first-order valence-corrected chi connectivity index (χ1v) is 11.9. The van der Waals surface area contributed by atoms with Gasteiger partial charge in [0.1, 0.15) is 23.9 Å². The number of carbonyl (C=O) groups is 2. The van der Waals surface area contributed by atoms with Crippen molar-refractivity contribution >= 4 is 28.5 Å². The highest BCUT2D eigenvalue weighted by atomic mass is 16.3. The molecule has 0 spiro atoms. The van der Waals surface area contributed by atoms with Crippen molar-refractivity contribution in [1.82, 2.24) is 25.3 Å². The Kier molecular flexibility index (Phi) is 6.76. The summed E-state index contributed by atoms with van der Waals surface area (Å²) >= 11 is 0. The third kappa shape index (κ3) is 5.25. The Balaban J connectivity index is 1.57. The second kappa shape index (κ2) is 10.4. The van der Waals surface area contributed by atoms with Crippen LogP contribution in [0.4, 0.5) is 5.69 Å². The number of fused-ring (bicyclic) bond motifs is 1. The van der Waals surface area contributed by atoms with Crippen molar-refractivity contribution in [2.45, 2.75) is 33.0 Å². The largest absolute Gasteiger partial charge is 0.467 e. The molecule has 5 rings (SSSR count). The number of benzene rings is 2. The molecule has 3 heterocycles. The van der Waals surface area contributed by atoms with Crippen molar-refractivity contribution in [3.8, 4) is 0 Å². The van der Waals surface area contributed by atoms with Gasteiger partial charge in [0, 0.05) is 18.1 Å². The highest BCUT2D eigenvalue weighted by Crippen LogP contribution is 2.30. The second-order valence-corrected chi connectivity index (χ2v) is 8.83. The molecule has 186 valence electrons. The molecule has 0 unspecified atom stereocenters. The number of hydrogen-bond donors (Lipinski definition) is 1. The third-order valence-electron chi connectivity index (χ3n) is 6.00. The van der Waals surface area contributed by atoms with E-state index < -0.39 is 6.04 Å². The average Bonchev–Trinajstić information content (AvgIpc) is 3.56. The van der Waals surface area contributed by atoms with E-state index in [0.717, 1.165) is 16.6 Å². The molecule has 9 nitrogen and oxygen atoms in total. The van der Waals surface area contributed by atoms with E-state index in [4.69, 9.17) is 4.42 Å². The Morgan fingerprint density at radius 1 is 1.00 bits per heavy atom. The molecule has 1 N–H and O–H groups in total. The minimum absolute atomic E-state index is 0.0967. The molecule has 0 bridgehead atoms. The Morgan fingerprint density at radius 2 is 1.76 bits per heavy atom. The predicted molar refractivity (Wildman–Crippen MR) is 138 cm³/mol. The summed E-state index contributed by atoms with van der Waals surface area (Å²) < 4.78 is 6.93. The molecule has 0 saturated carbocycles. The number of hydrogen-bond acceptors (Lipinski definition) is 6. The summed E-state index contributed by atoms with van der Waals surface area (Å²) in [6.45, 7) is 4.02. The normalized spacial score (nSPS) is 11.8. The number of rotatable bonds is 8. The van der Waals surface area contributed by atoms with Gasteiger partial charge in [-0.2, -0.15) is 0 Å². The first kappa shape index (κ1) is 23.9. The summed E-state index contributed by atoms with van der Waals surface area (Å²) in [5.41, 5.74) is 4.62. The number of furan rings is 1. The van der Waals surface area contributed by atoms with E-state index in [-0.39, 0.29) is 24.9 Å². The molecule has 2 aromatic carbocycles. The molecule has 0 aliphatic rings. The number of pyridine rings is 1. The van der Waals surface area contributed by atoms with Crippen LogP contribution in [0.15, 0.2) is 89.8 Å². The maximum absolute atomic E-state index is 14.1. The van der Waals surface area contributed by atoms with Crippen molar-refractivity contribution in [3.05, 3.63) is 108 Å². The van der Waals surface area contributed by atoms with E-state index in [0.29, 0.717) is 22.5 Å². The molecule has 1 atom stereocenters. The van der Waals surface area contributed by atoms with Crippen LogP contribution >= 0.6 is 0 Å². The summed E-state index contributed by atoms with van der Waals surface area (Å²) in [5.74, 6) is -0.0469. The summed E-state index contributed by atoms with van der Waals surface area (Å²) in [6, 6.07) is 19.3. The highest BCUT2D eigenvalue weighted by molar-refractivity contribution is 6.01. The zero-order valence-corrected chi connectivity index (χ0v) is 20.5. The van der Waals surface area contributed by atoms with Gasteiger partial charge in [0.15, 0.2) is 0 Å². The van der Waals surface area contributed by atoms with Crippen LogP contribution in [0.1, 0.15) is 28.5 Å². The molecule has 0 aliphatic heterocycles. The van der Waals surface area contributed by atoms with E-state index >= 15 is 0 Å². The van der Waals surface area contributed by atoms with Crippen molar-refractivity contribution in [2.24, 2.45) is 0 Å². The van der Waals surface area contributed by atoms with Crippen LogP contribution in [0.3, 0.4) is 0 Å². The molecular formula is C28H26N6O3. The van der Waals surface area contributed by atoms with Crippen LogP contribution in [0.2, 0.25) is 0 Å². The minimum Gasteiger partial charge on any atom is -0.467 e. The standard InChI is InChI=1S/C28H26N6O3/c1-19-14-20(2)16-22(15-19)34(26(35)18-33-25-8-4-3-7-24(25)31-32-33)27(21-9-11-29-12-10-21)28(36)30-17-23-6-5-13-37-23/h3-16,27H,17-18H2,1-2H3,(H,30,36)/t27-/m1/s1. The van der Waals surface area contributed by atoms with Crippen LogP contribution in [0.25, 0.3) is 11.0 Å². The van der Waals surface area contributed by atoms with E-state index in [1.165, 1.54) is 4.90 Å². The van der Waals surface area contributed by atoms with E-state index in [2.05, 4.69) is 20.6 Å². The van der Waals surface area contributed by atoms with Crippen LogP contribution in [-0.4, -0.2) is 31.8 Å². The quantitative estimate of drug-likeness (QED) is 0.348. The smallest absolute Gasteiger partial charge is 0.249 e.